The van der Waals surface area contributed by atoms with Gasteiger partial charge >= 0.3 is 5.97 Å². The molecule has 0 N–H and O–H groups in total. The highest BCUT2D eigenvalue weighted by Crippen LogP contribution is 2.27. The molecular formula is C17H17IN2O6S. The Bertz CT molecular complexity index is 961. The van der Waals surface area contributed by atoms with Crippen LogP contribution in [-0.2, 0) is 19.6 Å². The number of benzene rings is 2. The van der Waals surface area contributed by atoms with Crippen LogP contribution in [0.15, 0.2) is 53.4 Å². The molecule has 2 aromatic carbocycles. The number of halogens is 1. The van der Waals surface area contributed by atoms with Gasteiger partial charge in [-0.15, -0.1) is 0 Å². The lowest BCUT2D eigenvalue weighted by atomic mass is 10.3. The summed E-state index contributed by atoms with van der Waals surface area (Å²) in [6, 6.07) is 11.3. The van der Waals surface area contributed by atoms with E-state index in [0.717, 1.165) is 13.9 Å². The topological polar surface area (TPSA) is 107 Å². The first-order chi connectivity index (χ1) is 12.6. The molecule has 0 aliphatic carbocycles. The molecular weight excluding hydrogens is 487 g/mol. The molecule has 27 heavy (non-hydrogen) atoms. The molecule has 0 saturated carbocycles. The number of anilines is 1. The number of carbonyl (C=O) groups is 1. The smallest absolute Gasteiger partial charge is 0.327 e. The van der Waals surface area contributed by atoms with Crippen LogP contribution in [0.2, 0.25) is 0 Å². The van der Waals surface area contributed by atoms with E-state index in [1.165, 1.54) is 18.2 Å². The van der Waals surface area contributed by atoms with Crippen molar-refractivity contribution in [2.24, 2.45) is 0 Å². The molecule has 0 amide bonds. The van der Waals surface area contributed by atoms with Gasteiger partial charge in [-0.05, 0) is 60.7 Å². The van der Waals surface area contributed by atoms with Crippen molar-refractivity contribution < 1.29 is 22.9 Å². The van der Waals surface area contributed by atoms with Crippen LogP contribution in [0.4, 0.5) is 11.4 Å². The monoisotopic (exact) mass is 504 g/mol. The molecule has 0 aliphatic rings. The fourth-order valence-electron chi connectivity index (χ4n) is 2.25. The summed E-state index contributed by atoms with van der Waals surface area (Å²) in [6.07, 6.45) is -0.407. The summed E-state index contributed by atoms with van der Waals surface area (Å²) in [4.78, 5) is 22.2. The molecule has 0 aliphatic heterocycles. The zero-order valence-electron chi connectivity index (χ0n) is 14.5. The van der Waals surface area contributed by atoms with E-state index in [9.17, 15) is 23.3 Å². The minimum atomic E-state index is -4.23. The quantitative estimate of drug-likeness (QED) is 0.248. The van der Waals surface area contributed by atoms with Crippen LogP contribution in [0.1, 0.15) is 13.8 Å². The molecule has 0 radical (unpaired) electrons. The second kappa shape index (κ2) is 8.65. The van der Waals surface area contributed by atoms with Crippen molar-refractivity contribution in [3.8, 4) is 0 Å². The Hall–Kier alpha value is -2.21. The second-order valence-corrected chi connectivity index (χ2v) is 8.89. The molecule has 0 heterocycles. The summed E-state index contributed by atoms with van der Waals surface area (Å²) in [6.45, 7) is 2.76. The highest BCUT2D eigenvalue weighted by atomic mass is 127. The third-order valence-corrected chi connectivity index (χ3v) is 5.79. The van der Waals surface area contributed by atoms with Crippen LogP contribution >= 0.6 is 22.6 Å². The zero-order chi connectivity index (χ0) is 20.2. The lowest BCUT2D eigenvalue weighted by molar-refractivity contribution is -0.385. The first-order valence-electron chi connectivity index (χ1n) is 7.83. The summed E-state index contributed by atoms with van der Waals surface area (Å²) >= 11 is 2.02. The van der Waals surface area contributed by atoms with Crippen molar-refractivity contribution in [1.82, 2.24) is 0 Å². The van der Waals surface area contributed by atoms with E-state index in [-0.39, 0.29) is 16.3 Å². The van der Waals surface area contributed by atoms with Crippen molar-refractivity contribution in [3.05, 3.63) is 62.2 Å². The van der Waals surface area contributed by atoms with Gasteiger partial charge in [0.15, 0.2) is 0 Å². The Balaban J connectivity index is 2.52. The molecule has 0 atom stereocenters. The maximum Gasteiger partial charge on any atom is 0.327 e. The predicted octanol–water partition coefficient (Wildman–Crippen LogP) is 3.35. The number of hydrogen-bond donors (Lipinski definition) is 0. The molecule has 0 aromatic heterocycles. The molecule has 0 fully saturated rings. The molecule has 144 valence electrons. The summed E-state index contributed by atoms with van der Waals surface area (Å²) < 4.78 is 33.0. The Labute approximate surface area is 170 Å². The molecule has 2 rings (SSSR count). The molecule has 0 saturated heterocycles. The summed E-state index contributed by atoms with van der Waals surface area (Å²) in [7, 11) is -4.23. The molecule has 10 heteroatoms. The Morgan fingerprint density at radius 3 is 2.48 bits per heavy atom. The standard InChI is InChI=1S/C17H17IN2O6S/c1-12(2)26-17(21)11-19(14-6-3-5-13(18)9-14)27(24,25)16-8-4-7-15(10-16)20(22)23/h3-10,12H,11H2,1-2H3. The molecule has 0 bridgehead atoms. The Morgan fingerprint density at radius 2 is 1.89 bits per heavy atom. The van der Waals surface area contributed by atoms with E-state index in [1.807, 2.05) is 22.6 Å². The van der Waals surface area contributed by atoms with Crippen LogP contribution in [0, 0.1) is 13.7 Å². The Morgan fingerprint density at radius 1 is 1.22 bits per heavy atom. The SMILES string of the molecule is CC(C)OC(=O)CN(c1cccc(I)c1)S(=O)(=O)c1cccc([N+](=O)[O-])c1. The van der Waals surface area contributed by atoms with Gasteiger partial charge in [0.1, 0.15) is 6.54 Å². The minimum absolute atomic E-state index is 0.258. The fraction of sp³-hybridized carbons (Fsp3) is 0.235. The van der Waals surface area contributed by atoms with Crippen molar-refractivity contribution in [1.29, 1.82) is 0 Å². The molecule has 2 aromatic rings. The van der Waals surface area contributed by atoms with Gasteiger partial charge < -0.3 is 4.74 Å². The number of esters is 1. The molecule has 0 unspecified atom stereocenters. The number of non-ortho nitro benzene ring substituents is 1. The first-order valence-corrected chi connectivity index (χ1v) is 10.4. The molecule has 0 spiro atoms. The third-order valence-electron chi connectivity index (χ3n) is 3.35. The highest BCUT2D eigenvalue weighted by Gasteiger charge is 2.29. The number of sulfonamides is 1. The van der Waals surface area contributed by atoms with E-state index in [0.29, 0.717) is 0 Å². The minimum Gasteiger partial charge on any atom is -0.462 e. The van der Waals surface area contributed by atoms with E-state index in [1.54, 1.807) is 38.1 Å². The average Bonchev–Trinajstić information content (AvgIpc) is 2.59. The van der Waals surface area contributed by atoms with Crippen LogP contribution in [0.25, 0.3) is 0 Å². The first kappa shape index (κ1) is 21.1. The van der Waals surface area contributed by atoms with E-state index < -0.39 is 33.6 Å². The van der Waals surface area contributed by atoms with Crippen LogP contribution < -0.4 is 4.31 Å². The zero-order valence-corrected chi connectivity index (χ0v) is 17.5. The number of nitrogens with zero attached hydrogens (tertiary/aromatic N) is 2. The number of rotatable bonds is 7. The van der Waals surface area contributed by atoms with E-state index in [4.69, 9.17) is 4.74 Å². The van der Waals surface area contributed by atoms with Crippen LogP contribution in [-0.4, -0.2) is 32.0 Å². The number of hydrogen-bond acceptors (Lipinski definition) is 6. The summed E-state index contributed by atoms with van der Waals surface area (Å²) in [5.41, 5.74) is -0.0995. The van der Waals surface area contributed by atoms with Crippen molar-refractivity contribution in [2.75, 3.05) is 10.8 Å². The van der Waals surface area contributed by atoms with Gasteiger partial charge in [0.05, 0.1) is 21.6 Å². The maximum atomic E-state index is 13.1. The van der Waals surface area contributed by atoms with Gasteiger partial charge in [0.25, 0.3) is 15.7 Å². The van der Waals surface area contributed by atoms with Crippen LogP contribution in [0.3, 0.4) is 0 Å². The lowest BCUT2D eigenvalue weighted by Crippen LogP contribution is -2.37. The van der Waals surface area contributed by atoms with Gasteiger partial charge in [-0.3, -0.25) is 19.2 Å². The lowest BCUT2D eigenvalue weighted by Gasteiger charge is -2.24. The van der Waals surface area contributed by atoms with Gasteiger partial charge in [0, 0.05) is 15.7 Å². The number of nitro groups is 1. The normalized spacial score (nSPS) is 11.3. The van der Waals surface area contributed by atoms with Crippen molar-refractivity contribution in [3.63, 3.8) is 0 Å². The van der Waals surface area contributed by atoms with Gasteiger partial charge in [-0.1, -0.05) is 12.1 Å². The number of carbonyl (C=O) groups excluding carboxylic acids is 1. The van der Waals surface area contributed by atoms with Crippen LogP contribution in [0.5, 0.6) is 0 Å². The van der Waals surface area contributed by atoms with Gasteiger partial charge in [-0.25, -0.2) is 8.42 Å². The maximum absolute atomic E-state index is 13.1. The predicted molar refractivity (Wildman–Crippen MR) is 108 cm³/mol. The largest absolute Gasteiger partial charge is 0.462 e. The summed E-state index contributed by atoms with van der Waals surface area (Å²) in [5.74, 6) is -0.724. The van der Waals surface area contributed by atoms with Crippen molar-refractivity contribution in [2.45, 2.75) is 24.8 Å². The highest BCUT2D eigenvalue weighted by molar-refractivity contribution is 14.1. The van der Waals surface area contributed by atoms with E-state index in [2.05, 4.69) is 0 Å². The van der Waals surface area contributed by atoms with E-state index >= 15 is 0 Å². The van der Waals surface area contributed by atoms with Gasteiger partial charge in [0.2, 0.25) is 0 Å². The van der Waals surface area contributed by atoms with Gasteiger partial charge in [-0.2, -0.15) is 0 Å². The second-order valence-electron chi connectivity index (χ2n) is 5.78. The summed E-state index contributed by atoms with van der Waals surface area (Å²) in [5, 5.41) is 11.0. The third kappa shape index (κ3) is 5.39. The fourth-order valence-corrected chi connectivity index (χ4v) is 4.22. The van der Waals surface area contributed by atoms with Crippen molar-refractivity contribution >= 4 is 50.0 Å². The molecule has 8 nitrogen and oxygen atoms in total. The number of nitro benzene ring substituents is 1. The Kier molecular flexibility index (Phi) is 6.76. The average molecular weight is 504 g/mol. The number of ether oxygens (including phenoxy) is 1.